The van der Waals surface area contributed by atoms with Gasteiger partial charge in [0.15, 0.2) is 0 Å². The third-order valence-electron chi connectivity index (χ3n) is 3.05. The third-order valence-corrected chi connectivity index (χ3v) is 3.05. The van der Waals surface area contributed by atoms with Crippen LogP contribution >= 0.6 is 0 Å². The largest absolute Gasteiger partial charge is 0.508 e. The normalized spacial score (nSPS) is 10.5. The molecule has 0 unspecified atom stereocenters. The highest BCUT2D eigenvalue weighted by Gasteiger charge is 2.02. The van der Waals surface area contributed by atoms with Crippen LogP contribution in [-0.4, -0.2) is 5.11 Å². The van der Waals surface area contributed by atoms with Crippen LogP contribution in [0.15, 0.2) is 42.5 Å². The van der Waals surface area contributed by atoms with Crippen molar-refractivity contribution < 1.29 is 5.11 Å². The summed E-state index contributed by atoms with van der Waals surface area (Å²) < 4.78 is 0. The molecule has 0 heterocycles. The maximum absolute atomic E-state index is 9.53. The first-order valence-corrected chi connectivity index (χ1v) is 6.15. The van der Waals surface area contributed by atoms with E-state index in [-0.39, 0.29) is 0 Å². The van der Waals surface area contributed by atoms with Gasteiger partial charge >= 0.3 is 0 Å². The van der Waals surface area contributed by atoms with Gasteiger partial charge in [-0.15, -0.1) is 0 Å². The Hall–Kier alpha value is -1.76. The van der Waals surface area contributed by atoms with Crippen molar-refractivity contribution in [3.05, 3.63) is 53.6 Å². The highest BCUT2D eigenvalue weighted by Crippen LogP contribution is 2.25. The molecule has 2 aromatic carbocycles. The molecule has 1 nitrogen and oxygen atoms in total. The van der Waals surface area contributed by atoms with Gasteiger partial charge in [-0.05, 0) is 47.2 Å². The minimum Gasteiger partial charge on any atom is -0.508 e. The lowest BCUT2D eigenvalue weighted by Crippen LogP contribution is -1.88. The van der Waals surface area contributed by atoms with E-state index in [0.29, 0.717) is 5.75 Å². The van der Waals surface area contributed by atoms with Crippen molar-refractivity contribution in [1.29, 1.82) is 0 Å². The number of hydrogen-bond acceptors (Lipinski definition) is 1. The Morgan fingerprint density at radius 2 is 1.47 bits per heavy atom. The number of phenolic OH excluding ortho intramolecular Hbond substituents is 1. The van der Waals surface area contributed by atoms with Crippen molar-refractivity contribution >= 4 is 0 Å². The molecule has 0 amide bonds. The van der Waals surface area contributed by atoms with Gasteiger partial charge in [-0.1, -0.05) is 44.2 Å². The highest BCUT2D eigenvalue weighted by molar-refractivity contribution is 5.66. The average Bonchev–Trinajstić information content (AvgIpc) is 2.38. The second-order valence-corrected chi connectivity index (χ2v) is 4.30. The number of benzene rings is 2. The summed E-state index contributed by atoms with van der Waals surface area (Å²) >= 11 is 0. The number of aryl methyl sites for hydroxylation is 2. The molecule has 0 aromatic heterocycles. The van der Waals surface area contributed by atoms with Crippen molar-refractivity contribution in [2.75, 3.05) is 0 Å². The summed E-state index contributed by atoms with van der Waals surface area (Å²) in [5, 5.41) is 9.53. The fourth-order valence-corrected chi connectivity index (χ4v) is 2.02. The lowest BCUT2D eigenvalue weighted by molar-refractivity contribution is 0.475. The maximum Gasteiger partial charge on any atom is 0.116 e. The Balaban J connectivity index is 2.50. The van der Waals surface area contributed by atoms with Crippen molar-refractivity contribution in [3.8, 4) is 16.9 Å². The van der Waals surface area contributed by atoms with E-state index in [1.807, 2.05) is 18.2 Å². The summed E-state index contributed by atoms with van der Waals surface area (Å²) in [6, 6.07) is 14.1. The van der Waals surface area contributed by atoms with E-state index < -0.39 is 0 Å². The number of hydrogen-bond donors (Lipinski definition) is 1. The lowest BCUT2D eigenvalue weighted by Gasteiger charge is -2.08. The summed E-state index contributed by atoms with van der Waals surface area (Å²) in [5.74, 6) is 0.322. The molecule has 2 rings (SSSR count). The van der Waals surface area contributed by atoms with Gasteiger partial charge in [0.05, 0.1) is 0 Å². The zero-order chi connectivity index (χ0) is 12.3. The van der Waals surface area contributed by atoms with Crippen molar-refractivity contribution in [2.45, 2.75) is 26.7 Å². The van der Waals surface area contributed by atoms with Crippen LogP contribution in [0.5, 0.6) is 5.75 Å². The minimum atomic E-state index is 0.322. The molecule has 0 spiro atoms. The zero-order valence-electron chi connectivity index (χ0n) is 10.4. The van der Waals surface area contributed by atoms with E-state index in [4.69, 9.17) is 0 Å². The van der Waals surface area contributed by atoms with E-state index >= 15 is 0 Å². The lowest BCUT2D eigenvalue weighted by atomic mass is 9.97. The van der Waals surface area contributed by atoms with Crippen LogP contribution in [0.25, 0.3) is 11.1 Å². The van der Waals surface area contributed by atoms with Gasteiger partial charge in [-0.3, -0.25) is 0 Å². The summed E-state index contributed by atoms with van der Waals surface area (Å²) in [5.41, 5.74) is 4.97. The van der Waals surface area contributed by atoms with Crippen LogP contribution in [0.3, 0.4) is 0 Å². The topological polar surface area (TPSA) is 20.2 Å². The molecule has 0 aliphatic heterocycles. The van der Waals surface area contributed by atoms with E-state index in [1.54, 1.807) is 6.07 Å². The minimum absolute atomic E-state index is 0.322. The summed E-state index contributed by atoms with van der Waals surface area (Å²) in [6.45, 7) is 4.34. The van der Waals surface area contributed by atoms with Gasteiger partial charge in [0.2, 0.25) is 0 Å². The van der Waals surface area contributed by atoms with Crippen molar-refractivity contribution in [3.63, 3.8) is 0 Å². The van der Waals surface area contributed by atoms with E-state index in [0.717, 1.165) is 18.4 Å². The van der Waals surface area contributed by atoms with Gasteiger partial charge < -0.3 is 5.11 Å². The van der Waals surface area contributed by atoms with Crippen LogP contribution in [0.2, 0.25) is 0 Å². The standard InChI is InChI=1S/C16H18O/c1-3-12-8-13(4-2)10-15(9-12)14-6-5-7-16(17)11-14/h5-11,17H,3-4H2,1-2H3. The zero-order valence-corrected chi connectivity index (χ0v) is 10.4. The fraction of sp³-hybridized carbons (Fsp3) is 0.250. The quantitative estimate of drug-likeness (QED) is 0.832. The molecule has 0 fully saturated rings. The van der Waals surface area contributed by atoms with Crippen LogP contribution in [0, 0.1) is 0 Å². The van der Waals surface area contributed by atoms with Crippen LogP contribution in [0.1, 0.15) is 25.0 Å². The molecule has 0 atom stereocenters. The summed E-state index contributed by atoms with van der Waals surface area (Å²) in [7, 11) is 0. The smallest absolute Gasteiger partial charge is 0.116 e. The number of rotatable bonds is 3. The van der Waals surface area contributed by atoms with E-state index in [1.165, 1.54) is 16.7 Å². The van der Waals surface area contributed by atoms with Crippen LogP contribution < -0.4 is 0 Å². The van der Waals surface area contributed by atoms with E-state index in [9.17, 15) is 5.11 Å². The van der Waals surface area contributed by atoms with Crippen molar-refractivity contribution in [2.24, 2.45) is 0 Å². The third kappa shape index (κ3) is 2.68. The fourth-order valence-electron chi connectivity index (χ4n) is 2.02. The van der Waals surface area contributed by atoms with Gasteiger partial charge in [0.1, 0.15) is 5.75 Å². The summed E-state index contributed by atoms with van der Waals surface area (Å²) in [4.78, 5) is 0. The Kier molecular flexibility index (Phi) is 3.48. The Bertz CT molecular complexity index is 492. The van der Waals surface area contributed by atoms with Gasteiger partial charge in [-0.2, -0.15) is 0 Å². The first kappa shape index (κ1) is 11.7. The van der Waals surface area contributed by atoms with E-state index in [2.05, 4.69) is 32.0 Å². The first-order chi connectivity index (χ1) is 8.22. The maximum atomic E-state index is 9.53. The average molecular weight is 226 g/mol. The molecule has 17 heavy (non-hydrogen) atoms. The Labute approximate surface area is 103 Å². The molecule has 88 valence electrons. The molecule has 2 aromatic rings. The second kappa shape index (κ2) is 5.05. The summed E-state index contributed by atoms with van der Waals surface area (Å²) in [6.07, 6.45) is 2.08. The molecular weight excluding hydrogens is 208 g/mol. The highest BCUT2D eigenvalue weighted by atomic mass is 16.3. The van der Waals surface area contributed by atoms with Crippen molar-refractivity contribution in [1.82, 2.24) is 0 Å². The van der Waals surface area contributed by atoms with Crippen LogP contribution in [-0.2, 0) is 12.8 Å². The SMILES string of the molecule is CCc1cc(CC)cc(-c2cccc(O)c2)c1. The predicted molar refractivity (Wildman–Crippen MR) is 72.3 cm³/mol. The van der Waals surface area contributed by atoms with Crippen LogP contribution in [0.4, 0.5) is 0 Å². The molecule has 0 aliphatic rings. The molecule has 0 saturated carbocycles. The first-order valence-electron chi connectivity index (χ1n) is 6.15. The van der Waals surface area contributed by atoms with Gasteiger partial charge in [0.25, 0.3) is 0 Å². The number of aromatic hydroxyl groups is 1. The molecule has 1 N–H and O–H groups in total. The monoisotopic (exact) mass is 226 g/mol. The molecular formula is C16H18O. The second-order valence-electron chi connectivity index (χ2n) is 4.30. The number of phenols is 1. The van der Waals surface area contributed by atoms with Gasteiger partial charge in [-0.25, -0.2) is 0 Å². The molecule has 0 radical (unpaired) electrons. The molecule has 0 bridgehead atoms. The Morgan fingerprint density at radius 3 is 2.00 bits per heavy atom. The predicted octanol–water partition coefficient (Wildman–Crippen LogP) is 4.18. The molecule has 0 saturated heterocycles. The van der Waals surface area contributed by atoms with Gasteiger partial charge in [0, 0.05) is 0 Å². The molecule has 1 heteroatoms. The Morgan fingerprint density at radius 1 is 0.824 bits per heavy atom. The molecule has 0 aliphatic carbocycles.